The van der Waals surface area contributed by atoms with Crippen LogP contribution in [0.25, 0.3) is 0 Å². The minimum Gasteiger partial charge on any atom is -1.00 e. The van der Waals surface area contributed by atoms with Crippen LogP contribution in [0.5, 0.6) is 0 Å². The number of allylic oxidation sites excluding steroid dienone is 2. The molecule has 0 aliphatic heterocycles. The van der Waals surface area contributed by atoms with Crippen LogP contribution in [0.2, 0.25) is 0 Å². The van der Waals surface area contributed by atoms with E-state index < -0.39 is 0 Å². The number of quaternary nitrogens is 1. The van der Waals surface area contributed by atoms with Crippen LogP contribution < -0.4 is 17.7 Å². The minimum atomic E-state index is 0. The van der Waals surface area contributed by atoms with Crippen molar-refractivity contribution in [3.63, 3.8) is 0 Å². The van der Waals surface area contributed by atoms with Gasteiger partial charge >= 0.3 is 0 Å². The van der Waals surface area contributed by atoms with Crippen LogP contribution in [-0.4, -0.2) is 55.8 Å². The third-order valence-electron chi connectivity index (χ3n) is 5.85. The molecule has 186 valence electrons. The molecular weight excluding hydrogens is 408 g/mol. The number of unbranched alkanes of at least 4 members (excludes halogenated alkanes) is 11. The number of nitrogens with one attached hydrogen (secondary N) is 1. The number of hydrogen-bond acceptors (Lipinski definition) is 2. The highest BCUT2D eigenvalue weighted by Gasteiger charge is 2.13. The van der Waals surface area contributed by atoms with Gasteiger partial charge in [0.1, 0.15) is 0 Å². The molecule has 0 heterocycles. The van der Waals surface area contributed by atoms with Gasteiger partial charge in [0, 0.05) is 32.4 Å². The Morgan fingerprint density at radius 3 is 1.87 bits per heavy atom. The topological polar surface area (TPSA) is 49.3 Å². The molecule has 0 rings (SSSR count). The van der Waals surface area contributed by atoms with Crippen molar-refractivity contribution in [3.8, 4) is 0 Å². The van der Waals surface area contributed by atoms with E-state index in [4.69, 9.17) is 5.11 Å². The summed E-state index contributed by atoms with van der Waals surface area (Å²) >= 11 is 0. The molecule has 0 radical (unpaired) electrons. The lowest BCUT2D eigenvalue weighted by Gasteiger charge is -2.29. The average molecular weight is 461 g/mol. The lowest BCUT2D eigenvalue weighted by Crippen LogP contribution is -3.00. The molecule has 0 saturated heterocycles. The Hall–Kier alpha value is -0.580. The first kappa shape index (κ1) is 32.6. The molecular formula is C26H53ClN2O2. The molecule has 4 nitrogen and oxygen atoms in total. The van der Waals surface area contributed by atoms with Gasteiger partial charge in [0.25, 0.3) is 0 Å². The van der Waals surface area contributed by atoms with Crippen LogP contribution in [0, 0.1) is 0 Å². The third-order valence-corrected chi connectivity index (χ3v) is 5.85. The lowest BCUT2D eigenvalue weighted by atomic mass is 10.1. The average Bonchev–Trinajstić information content (AvgIpc) is 2.72. The summed E-state index contributed by atoms with van der Waals surface area (Å²) in [5, 5.41) is 12.0. The summed E-state index contributed by atoms with van der Waals surface area (Å²) in [5.74, 6) is 0.202. The molecule has 1 amide bonds. The van der Waals surface area contributed by atoms with E-state index in [1.807, 2.05) is 0 Å². The third kappa shape index (κ3) is 25.6. The Morgan fingerprint density at radius 2 is 1.29 bits per heavy atom. The smallest absolute Gasteiger partial charge is 0.219 e. The molecule has 0 spiro atoms. The molecule has 0 atom stereocenters. The molecule has 0 unspecified atom stereocenters. The zero-order chi connectivity index (χ0) is 22.3. The van der Waals surface area contributed by atoms with Gasteiger partial charge in [0.2, 0.25) is 5.91 Å². The van der Waals surface area contributed by atoms with Gasteiger partial charge in [-0.2, -0.15) is 0 Å². The fourth-order valence-electron chi connectivity index (χ4n) is 3.79. The predicted molar refractivity (Wildman–Crippen MR) is 131 cm³/mol. The summed E-state index contributed by atoms with van der Waals surface area (Å²) < 4.78 is 0.907. The maximum Gasteiger partial charge on any atom is 0.219 e. The maximum absolute atomic E-state index is 11.9. The summed E-state index contributed by atoms with van der Waals surface area (Å²) in [6.07, 6.45) is 24.0. The predicted octanol–water partition coefficient (Wildman–Crippen LogP) is 2.99. The summed E-state index contributed by atoms with van der Waals surface area (Å²) in [6.45, 7) is 5.32. The van der Waals surface area contributed by atoms with Crippen LogP contribution in [0.4, 0.5) is 0 Å². The van der Waals surface area contributed by atoms with Crippen molar-refractivity contribution in [1.82, 2.24) is 5.32 Å². The van der Waals surface area contributed by atoms with Gasteiger partial charge in [-0.15, -0.1) is 0 Å². The minimum absolute atomic E-state index is 0. The molecule has 0 aromatic heterocycles. The standard InChI is InChI=1S/C26H52N2O2.ClH/c1-4-5-6-7-8-9-10-11-12-13-14-15-16-17-18-21-26(30)27-22-19-23-28(2,3)24-20-25-29;/h11-12,29H,4-10,13-25H2,1-3H3;1H/b12-11-;. The van der Waals surface area contributed by atoms with Crippen molar-refractivity contribution in [1.29, 1.82) is 0 Å². The Labute approximate surface area is 200 Å². The van der Waals surface area contributed by atoms with Crippen molar-refractivity contribution in [2.75, 3.05) is 40.3 Å². The molecule has 0 aliphatic carbocycles. The number of rotatable bonds is 22. The van der Waals surface area contributed by atoms with Crippen LogP contribution in [0.3, 0.4) is 0 Å². The molecule has 0 fully saturated rings. The number of carbonyl (C=O) groups is 1. The Morgan fingerprint density at radius 1 is 0.774 bits per heavy atom. The van der Waals surface area contributed by atoms with Crippen molar-refractivity contribution in [3.05, 3.63) is 12.2 Å². The second kappa shape index (κ2) is 24.1. The van der Waals surface area contributed by atoms with Gasteiger partial charge in [0.05, 0.1) is 27.2 Å². The number of amides is 1. The highest BCUT2D eigenvalue weighted by atomic mass is 35.5. The van der Waals surface area contributed by atoms with Crippen LogP contribution in [0.15, 0.2) is 12.2 Å². The molecule has 2 N–H and O–H groups in total. The van der Waals surface area contributed by atoms with Crippen LogP contribution in [0.1, 0.15) is 110 Å². The second-order valence-electron chi connectivity index (χ2n) is 9.50. The van der Waals surface area contributed by atoms with Crippen molar-refractivity contribution in [2.24, 2.45) is 0 Å². The number of halogens is 1. The quantitative estimate of drug-likeness (QED) is 0.148. The van der Waals surface area contributed by atoms with Crippen LogP contribution in [-0.2, 0) is 4.79 Å². The molecule has 0 aromatic carbocycles. The monoisotopic (exact) mass is 460 g/mol. The summed E-state index contributed by atoms with van der Waals surface area (Å²) in [7, 11) is 4.37. The lowest BCUT2D eigenvalue weighted by molar-refractivity contribution is -0.890. The van der Waals surface area contributed by atoms with E-state index in [0.717, 1.165) is 43.4 Å². The maximum atomic E-state index is 11.9. The van der Waals surface area contributed by atoms with E-state index in [2.05, 4.69) is 38.5 Å². The molecule has 0 aromatic rings. The Balaban J connectivity index is 0. The Kier molecular flexibility index (Phi) is 25.3. The highest BCUT2D eigenvalue weighted by molar-refractivity contribution is 5.75. The van der Waals surface area contributed by atoms with Gasteiger partial charge in [-0.05, 0) is 32.1 Å². The van der Waals surface area contributed by atoms with E-state index >= 15 is 0 Å². The molecule has 0 saturated carbocycles. The van der Waals surface area contributed by atoms with Gasteiger partial charge < -0.3 is 27.3 Å². The SMILES string of the molecule is CCCCCCCC/C=C\CCCCCCCC(=O)NCCC[N+](C)(C)CCCO.[Cl-]. The normalized spacial score (nSPS) is 11.6. The first-order chi connectivity index (χ1) is 14.5. The zero-order valence-electron chi connectivity index (χ0n) is 21.0. The van der Waals surface area contributed by atoms with E-state index in [-0.39, 0.29) is 24.9 Å². The first-order valence-electron chi connectivity index (χ1n) is 12.9. The fraction of sp³-hybridized carbons (Fsp3) is 0.885. The largest absolute Gasteiger partial charge is 1.00 e. The summed E-state index contributed by atoms with van der Waals surface area (Å²) in [6, 6.07) is 0. The Bertz CT molecular complexity index is 414. The van der Waals surface area contributed by atoms with Gasteiger partial charge in [-0.25, -0.2) is 0 Å². The second-order valence-corrected chi connectivity index (χ2v) is 9.50. The van der Waals surface area contributed by atoms with Crippen LogP contribution >= 0.6 is 0 Å². The summed E-state index contributed by atoms with van der Waals surface area (Å²) in [4.78, 5) is 11.9. The van der Waals surface area contributed by atoms with Gasteiger partial charge in [-0.1, -0.05) is 70.4 Å². The number of hydrogen-bond donors (Lipinski definition) is 2. The van der Waals surface area contributed by atoms with E-state index in [1.165, 1.54) is 77.0 Å². The zero-order valence-corrected chi connectivity index (χ0v) is 21.7. The van der Waals surface area contributed by atoms with Gasteiger partial charge in [0.15, 0.2) is 0 Å². The number of aliphatic hydroxyl groups excluding tert-OH is 1. The number of nitrogens with zero attached hydrogens (tertiary/aromatic N) is 1. The van der Waals surface area contributed by atoms with Crippen molar-refractivity contribution in [2.45, 2.75) is 110 Å². The summed E-state index contributed by atoms with van der Waals surface area (Å²) in [5.41, 5.74) is 0. The molecule has 0 bridgehead atoms. The number of aliphatic hydroxyl groups is 1. The van der Waals surface area contributed by atoms with E-state index in [9.17, 15) is 4.79 Å². The van der Waals surface area contributed by atoms with E-state index in [1.54, 1.807) is 0 Å². The fourth-order valence-corrected chi connectivity index (χ4v) is 3.79. The number of carbonyl (C=O) groups excluding carboxylic acids is 1. The highest BCUT2D eigenvalue weighted by Crippen LogP contribution is 2.10. The van der Waals surface area contributed by atoms with E-state index in [0.29, 0.717) is 6.42 Å². The van der Waals surface area contributed by atoms with Crippen molar-refractivity contribution >= 4 is 5.91 Å². The molecule has 31 heavy (non-hydrogen) atoms. The molecule has 0 aliphatic rings. The first-order valence-corrected chi connectivity index (χ1v) is 12.9. The van der Waals surface area contributed by atoms with Crippen molar-refractivity contribution < 1.29 is 26.8 Å². The van der Waals surface area contributed by atoms with Gasteiger partial charge in [-0.3, -0.25) is 4.79 Å². The molecule has 5 heteroatoms.